The Morgan fingerprint density at radius 1 is 1.13 bits per heavy atom. The highest BCUT2D eigenvalue weighted by Crippen LogP contribution is 2.31. The van der Waals surface area contributed by atoms with Crippen molar-refractivity contribution < 1.29 is 9.21 Å². The minimum Gasteiger partial charge on any atom is -0.459 e. The molecular weight excluding hydrogens is 412 g/mol. The zero-order valence-corrected chi connectivity index (χ0v) is 19.2. The summed E-state index contributed by atoms with van der Waals surface area (Å²) in [6.45, 7) is 9.36. The van der Waals surface area contributed by atoms with Gasteiger partial charge in [-0.2, -0.15) is 5.10 Å². The van der Waals surface area contributed by atoms with Crippen molar-refractivity contribution in [3.8, 4) is 10.6 Å². The van der Waals surface area contributed by atoms with Crippen LogP contribution in [0.2, 0.25) is 0 Å². The highest BCUT2D eigenvalue weighted by Gasteiger charge is 2.24. The molecule has 4 rings (SSSR count). The van der Waals surface area contributed by atoms with E-state index in [9.17, 15) is 9.59 Å². The van der Waals surface area contributed by atoms with E-state index in [4.69, 9.17) is 4.42 Å². The van der Waals surface area contributed by atoms with E-state index in [2.05, 4.69) is 15.4 Å². The molecule has 1 N–H and O–H groups in total. The maximum atomic E-state index is 13.0. The normalized spacial score (nSPS) is 12.3. The fourth-order valence-corrected chi connectivity index (χ4v) is 4.81. The largest absolute Gasteiger partial charge is 0.459 e. The van der Waals surface area contributed by atoms with Crippen molar-refractivity contribution in [3.63, 3.8) is 0 Å². The van der Waals surface area contributed by atoms with Gasteiger partial charge in [0.05, 0.1) is 23.0 Å². The number of fused-ring (bicyclic) bond motifs is 1. The van der Waals surface area contributed by atoms with E-state index in [1.54, 1.807) is 14.0 Å². The number of aromatic nitrogens is 3. The van der Waals surface area contributed by atoms with Crippen molar-refractivity contribution >= 4 is 28.2 Å². The monoisotopic (exact) mass is 436 g/mol. The van der Waals surface area contributed by atoms with Gasteiger partial charge in [-0.25, -0.2) is 9.67 Å². The van der Waals surface area contributed by atoms with E-state index in [-0.39, 0.29) is 17.5 Å². The van der Waals surface area contributed by atoms with Gasteiger partial charge in [-0.05, 0) is 46.2 Å². The Balaban J connectivity index is 1.66. The first-order chi connectivity index (χ1) is 14.7. The van der Waals surface area contributed by atoms with Crippen molar-refractivity contribution in [2.45, 2.75) is 40.7 Å². The van der Waals surface area contributed by atoms with Crippen molar-refractivity contribution in [2.24, 2.45) is 7.05 Å². The smallest absolute Gasteiger partial charge is 0.277 e. The summed E-state index contributed by atoms with van der Waals surface area (Å²) in [6.07, 6.45) is 0. The van der Waals surface area contributed by atoms with Crippen LogP contribution in [-0.4, -0.2) is 20.7 Å². The summed E-state index contributed by atoms with van der Waals surface area (Å²) in [5.74, 6) is 0.486. The van der Waals surface area contributed by atoms with E-state index in [0.717, 1.165) is 33.6 Å². The number of para-hydroxylation sites is 1. The van der Waals surface area contributed by atoms with Crippen molar-refractivity contribution in [3.05, 3.63) is 67.8 Å². The van der Waals surface area contributed by atoms with Crippen LogP contribution in [0.5, 0.6) is 0 Å². The number of thiazole rings is 1. The van der Waals surface area contributed by atoms with E-state index in [1.807, 2.05) is 52.0 Å². The quantitative estimate of drug-likeness (QED) is 0.513. The third-order valence-corrected chi connectivity index (χ3v) is 6.74. The molecule has 0 spiro atoms. The van der Waals surface area contributed by atoms with E-state index < -0.39 is 0 Å². The Kier molecular flexibility index (Phi) is 5.26. The number of aryl methyl sites for hydroxylation is 4. The Labute approximate surface area is 183 Å². The maximum absolute atomic E-state index is 13.0. The highest BCUT2D eigenvalue weighted by molar-refractivity contribution is 7.17. The van der Waals surface area contributed by atoms with Gasteiger partial charge in [0, 0.05) is 18.0 Å². The molecule has 1 unspecified atom stereocenters. The number of rotatable bonds is 4. The number of nitrogens with zero attached hydrogens (tertiary/aromatic N) is 3. The third kappa shape index (κ3) is 3.57. The van der Waals surface area contributed by atoms with Gasteiger partial charge in [0.25, 0.3) is 11.5 Å². The van der Waals surface area contributed by atoms with Crippen molar-refractivity contribution in [1.29, 1.82) is 0 Å². The molecule has 160 valence electrons. The molecule has 8 heteroatoms. The molecule has 1 aromatic carbocycles. The van der Waals surface area contributed by atoms with E-state index >= 15 is 0 Å². The summed E-state index contributed by atoms with van der Waals surface area (Å²) < 4.78 is 7.29. The molecule has 1 atom stereocenters. The summed E-state index contributed by atoms with van der Waals surface area (Å²) in [4.78, 5) is 30.7. The second-order valence-electron chi connectivity index (χ2n) is 7.73. The minimum absolute atomic E-state index is 0.227. The van der Waals surface area contributed by atoms with Gasteiger partial charge in [0.15, 0.2) is 0 Å². The van der Waals surface area contributed by atoms with Gasteiger partial charge in [-0.15, -0.1) is 11.3 Å². The molecular formula is C23H24N4O3S. The predicted octanol–water partition coefficient (Wildman–Crippen LogP) is 4.37. The molecule has 7 nitrogen and oxygen atoms in total. The fourth-order valence-electron chi connectivity index (χ4n) is 3.75. The molecule has 0 aliphatic rings. The first-order valence-electron chi connectivity index (χ1n) is 10.00. The number of carbonyl (C=O) groups excluding carboxylic acids is 1. The molecule has 0 fully saturated rings. The lowest BCUT2D eigenvalue weighted by Crippen LogP contribution is -2.26. The Morgan fingerprint density at radius 2 is 1.84 bits per heavy atom. The second-order valence-corrected chi connectivity index (χ2v) is 8.73. The van der Waals surface area contributed by atoms with Gasteiger partial charge < -0.3 is 9.73 Å². The SMILES string of the molecule is Cc1nc(-c2c(C)c(C)nn(C)c2=O)sc1C(=O)NC(C)c1oc2ccccc2c1C. The van der Waals surface area contributed by atoms with Crippen LogP contribution < -0.4 is 10.9 Å². The summed E-state index contributed by atoms with van der Waals surface area (Å²) in [5.41, 5.74) is 4.18. The van der Waals surface area contributed by atoms with Crippen LogP contribution in [-0.2, 0) is 7.05 Å². The Bertz CT molecular complexity index is 1380. The Morgan fingerprint density at radius 3 is 2.55 bits per heavy atom. The Hall–Kier alpha value is -3.26. The lowest BCUT2D eigenvalue weighted by atomic mass is 10.1. The van der Waals surface area contributed by atoms with Crippen LogP contribution >= 0.6 is 11.3 Å². The zero-order chi connectivity index (χ0) is 22.4. The standard InChI is InChI=1S/C23H24N4O3S/c1-11-13(3)26-27(6)23(29)18(11)22-25-15(5)20(31-22)21(28)24-14(4)19-12(2)16-9-7-8-10-17(16)30-19/h7-10,14H,1-6H3,(H,24,28). The average molecular weight is 437 g/mol. The zero-order valence-electron chi connectivity index (χ0n) is 18.4. The van der Waals surface area contributed by atoms with Gasteiger partial charge in [0.2, 0.25) is 0 Å². The lowest BCUT2D eigenvalue weighted by molar-refractivity contribution is 0.0939. The number of hydrogen-bond donors (Lipinski definition) is 1. The van der Waals surface area contributed by atoms with Gasteiger partial charge >= 0.3 is 0 Å². The van der Waals surface area contributed by atoms with Crippen LogP contribution in [0.4, 0.5) is 0 Å². The molecule has 0 radical (unpaired) electrons. The molecule has 3 aromatic heterocycles. The number of amides is 1. The van der Waals surface area contributed by atoms with Gasteiger partial charge in [-0.1, -0.05) is 18.2 Å². The number of carbonyl (C=O) groups is 1. The lowest BCUT2D eigenvalue weighted by Gasteiger charge is -2.12. The molecule has 3 heterocycles. The average Bonchev–Trinajstić information content (AvgIpc) is 3.27. The number of nitrogens with one attached hydrogen (secondary N) is 1. The summed E-state index contributed by atoms with van der Waals surface area (Å²) in [5, 5.41) is 8.79. The second kappa shape index (κ2) is 7.77. The third-order valence-electron chi connectivity index (χ3n) is 5.56. The minimum atomic E-state index is -0.317. The van der Waals surface area contributed by atoms with Crippen molar-refractivity contribution in [2.75, 3.05) is 0 Å². The molecule has 0 saturated heterocycles. The molecule has 1 amide bonds. The number of hydrogen-bond acceptors (Lipinski definition) is 6. The van der Waals surface area contributed by atoms with E-state index in [1.165, 1.54) is 16.0 Å². The van der Waals surface area contributed by atoms with Crippen LogP contribution in [0.3, 0.4) is 0 Å². The molecule has 0 aliphatic heterocycles. The molecule has 0 saturated carbocycles. The van der Waals surface area contributed by atoms with E-state index in [0.29, 0.717) is 21.1 Å². The van der Waals surface area contributed by atoms with Gasteiger partial charge in [0.1, 0.15) is 21.2 Å². The molecule has 31 heavy (non-hydrogen) atoms. The highest BCUT2D eigenvalue weighted by atomic mass is 32.1. The fraction of sp³-hybridized carbons (Fsp3) is 0.304. The number of benzene rings is 1. The van der Waals surface area contributed by atoms with Gasteiger partial charge in [-0.3, -0.25) is 9.59 Å². The summed E-state index contributed by atoms with van der Waals surface area (Å²) in [7, 11) is 1.61. The predicted molar refractivity (Wildman–Crippen MR) is 122 cm³/mol. The summed E-state index contributed by atoms with van der Waals surface area (Å²) >= 11 is 1.22. The van der Waals surface area contributed by atoms with Crippen LogP contribution in [0.15, 0.2) is 33.5 Å². The maximum Gasteiger partial charge on any atom is 0.277 e. The molecule has 0 aliphatic carbocycles. The first-order valence-corrected chi connectivity index (χ1v) is 10.8. The molecule has 0 bridgehead atoms. The topological polar surface area (TPSA) is 90.0 Å². The van der Waals surface area contributed by atoms with Crippen molar-refractivity contribution in [1.82, 2.24) is 20.1 Å². The number of furan rings is 1. The summed E-state index contributed by atoms with van der Waals surface area (Å²) in [6, 6.07) is 7.49. The van der Waals surface area contributed by atoms with Crippen LogP contribution in [0.1, 0.15) is 50.9 Å². The van der Waals surface area contributed by atoms with Crippen LogP contribution in [0.25, 0.3) is 21.5 Å². The first kappa shape index (κ1) is 21.0. The molecule has 4 aromatic rings. The van der Waals surface area contributed by atoms with Crippen LogP contribution in [0, 0.1) is 27.7 Å².